The second kappa shape index (κ2) is 12.7. The van der Waals surface area contributed by atoms with Crippen molar-refractivity contribution >= 4 is 33.3 Å². The first-order valence-electron chi connectivity index (χ1n) is 14.2. The minimum Gasteiger partial charge on any atom is -0.408 e. The molecule has 0 radical (unpaired) electrons. The number of methoxy groups -OCH3 is 1. The first-order valence-corrected chi connectivity index (χ1v) is 18.6. The fourth-order valence-electron chi connectivity index (χ4n) is 6.17. The Hall–Kier alpha value is -1.62. The lowest BCUT2D eigenvalue weighted by Crippen LogP contribution is -2.68. The van der Waals surface area contributed by atoms with Gasteiger partial charge in [-0.05, 0) is 45.9 Å². The number of rotatable bonds is 12. The molecule has 7 heteroatoms. The van der Waals surface area contributed by atoms with Crippen molar-refractivity contribution in [1.82, 2.24) is 0 Å². The minimum absolute atomic E-state index is 0.0816. The molecule has 0 bridgehead atoms. The Morgan fingerprint density at radius 3 is 1.84 bits per heavy atom. The topological polar surface area (TPSA) is 54.0 Å². The Morgan fingerprint density at radius 2 is 1.45 bits per heavy atom. The Labute approximate surface area is 232 Å². The second-order valence-corrected chi connectivity index (χ2v) is 20.8. The number of hydrogen-bond donors (Lipinski definition) is 0. The van der Waals surface area contributed by atoms with Crippen molar-refractivity contribution in [2.45, 2.75) is 96.1 Å². The number of aldehydes is 1. The van der Waals surface area contributed by atoms with Crippen LogP contribution in [-0.4, -0.2) is 54.6 Å². The summed E-state index contributed by atoms with van der Waals surface area (Å²) in [5.74, 6) is -1.35. The van der Waals surface area contributed by atoms with Gasteiger partial charge in [-0.15, -0.1) is 0 Å². The third kappa shape index (κ3) is 5.93. The summed E-state index contributed by atoms with van der Waals surface area (Å²) < 4.78 is 26.4. The maximum Gasteiger partial charge on any atom is 0.261 e. The fraction of sp³-hybridized carbons (Fsp3) is 0.581. The highest BCUT2D eigenvalue weighted by Gasteiger charge is 2.55. The van der Waals surface area contributed by atoms with Crippen LogP contribution >= 0.6 is 0 Å². The molecule has 210 valence electrons. The van der Waals surface area contributed by atoms with E-state index in [1.165, 1.54) is 10.4 Å². The van der Waals surface area contributed by atoms with E-state index in [0.29, 0.717) is 6.61 Å². The largest absolute Gasteiger partial charge is 0.408 e. The van der Waals surface area contributed by atoms with Gasteiger partial charge in [0, 0.05) is 7.11 Å². The molecule has 0 saturated carbocycles. The molecule has 38 heavy (non-hydrogen) atoms. The number of benzene rings is 2. The van der Waals surface area contributed by atoms with Gasteiger partial charge in [0.15, 0.2) is 14.6 Å². The maximum atomic E-state index is 12.6. The molecule has 1 heterocycles. The van der Waals surface area contributed by atoms with Crippen LogP contribution < -0.4 is 10.4 Å². The zero-order chi connectivity index (χ0) is 28.0. The SMILES string of the molecule is CC[Si](CC)(CC)O[C@H]1[C@H](C)C[C@H](CO[Si](c2ccccc2)(c2ccccc2)C(C)(C)C)O[C@@]1(C=O)OC. The summed E-state index contributed by atoms with van der Waals surface area (Å²) in [4.78, 5) is 12.6. The van der Waals surface area contributed by atoms with Crippen LogP contribution in [0.25, 0.3) is 0 Å². The lowest BCUT2D eigenvalue weighted by Gasteiger charge is -2.49. The molecule has 0 aliphatic carbocycles. The first kappa shape index (κ1) is 30.9. The van der Waals surface area contributed by atoms with Crippen LogP contribution in [-0.2, 0) is 23.1 Å². The van der Waals surface area contributed by atoms with Crippen LogP contribution in [0.4, 0.5) is 0 Å². The standard InChI is InChI=1S/C31H48O5Si2/c1-9-37(10-2,11-3)36-29-25(4)22-26(35-31(29,24-32)33-8)23-34-38(30(5,6)7,27-18-14-12-15-19-27)28-20-16-13-17-21-28/h12-21,24-26,29H,9-11,22-23H2,1-8H3/t25-,26-,29+,31-/m1/s1. The predicted octanol–water partition coefficient (Wildman–Crippen LogP) is 5.92. The Morgan fingerprint density at radius 1 is 0.947 bits per heavy atom. The van der Waals surface area contributed by atoms with Crippen molar-refractivity contribution in [3.8, 4) is 0 Å². The molecule has 1 saturated heterocycles. The van der Waals surface area contributed by atoms with Gasteiger partial charge in [-0.1, -0.05) is 109 Å². The van der Waals surface area contributed by atoms with Crippen LogP contribution in [0.3, 0.4) is 0 Å². The number of hydrogen-bond acceptors (Lipinski definition) is 5. The molecule has 0 amide bonds. The molecule has 0 N–H and O–H groups in total. The molecule has 1 aliphatic heterocycles. The number of carbonyl (C=O) groups is 1. The third-order valence-electron chi connectivity index (χ3n) is 8.59. The van der Waals surface area contributed by atoms with Crippen molar-refractivity contribution in [1.29, 1.82) is 0 Å². The molecule has 2 aromatic rings. The molecule has 4 atom stereocenters. The van der Waals surface area contributed by atoms with E-state index in [1.807, 2.05) is 12.1 Å². The van der Waals surface area contributed by atoms with Gasteiger partial charge < -0.3 is 18.3 Å². The van der Waals surface area contributed by atoms with Crippen LogP contribution in [0.5, 0.6) is 0 Å². The van der Waals surface area contributed by atoms with Gasteiger partial charge in [-0.2, -0.15) is 0 Å². The molecular formula is C31H48O5Si2. The lowest BCUT2D eigenvalue weighted by molar-refractivity contribution is -0.296. The Balaban J connectivity index is 1.96. The number of carbonyl (C=O) groups excluding carboxylic acids is 1. The first-order chi connectivity index (χ1) is 18.1. The van der Waals surface area contributed by atoms with E-state index in [-0.39, 0.29) is 17.1 Å². The van der Waals surface area contributed by atoms with Crippen LogP contribution in [0, 0.1) is 5.92 Å². The Kier molecular flexibility index (Phi) is 10.3. The van der Waals surface area contributed by atoms with Gasteiger partial charge in [0.05, 0.1) is 12.7 Å². The minimum atomic E-state index is -2.73. The molecule has 1 fully saturated rings. The predicted molar refractivity (Wildman–Crippen MR) is 160 cm³/mol. The number of ether oxygens (including phenoxy) is 2. The average molecular weight is 557 g/mol. The van der Waals surface area contributed by atoms with Gasteiger partial charge in [-0.25, -0.2) is 0 Å². The summed E-state index contributed by atoms with van der Waals surface area (Å²) in [5, 5.41) is 2.31. The van der Waals surface area contributed by atoms with Gasteiger partial charge in [0.25, 0.3) is 14.1 Å². The highest BCUT2D eigenvalue weighted by molar-refractivity contribution is 6.99. The van der Waals surface area contributed by atoms with E-state index in [9.17, 15) is 4.79 Å². The monoisotopic (exact) mass is 556 g/mol. The van der Waals surface area contributed by atoms with E-state index in [4.69, 9.17) is 18.3 Å². The fourth-order valence-corrected chi connectivity index (χ4v) is 13.7. The summed E-state index contributed by atoms with van der Waals surface area (Å²) in [7, 11) is -3.17. The molecule has 1 aliphatic rings. The van der Waals surface area contributed by atoms with E-state index in [1.54, 1.807) is 7.11 Å². The Bertz CT molecular complexity index is 958. The van der Waals surface area contributed by atoms with Crippen molar-refractivity contribution in [3.05, 3.63) is 60.7 Å². The van der Waals surface area contributed by atoms with Gasteiger partial charge in [-0.3, -0.25) is 4.79 Å². The lowest BCUT2D eigenvalue weighted by atomic mass is 9.88. The molecular weight excluding hydrogens is 509 g/mol. The van der Waals surface area contributed by atoms with E-state index < -0.39 is 28.5 Å². The summed E-state index contributed by atoms with van der Waals surface area (Å²) in [5.41, 5.74) is 0. The summed E-state index contributed by atoms with van der Waals surface area (Å²) in [6.07, 6.45) is 0.824. The molecule has 0 spiro atoms. The second-order valence-electron chi connectivity index (χ2n) is 11.8. The summed E-state index contributed by atoms with van der Waals surface area (Å²) in [6, 6.07) is 24.2. The third-order valence-corrected chi connectivity index (χ3v) is 18.2. The molecule has 0 aromatic heterocycles. The molecule has 2 aromatic carbocycles. The normalized spacial score (nSPS) is 24.8. The van der Waals surface area contributed by atoms with Gasteiger partial charge in [0.2, 0.25) is 0 Å². The van der Waals surface area contributed by atoms with Crippen molar-refractivity contribution in [3.63, 3.8) is 0 Å². The maximum absolute atomic E-state index is 12.6. The van der Waals surface area contributed by atoms with E-state index in [2.05, 4.69) is 97.0 Å². The van der Waals surface area contributed by atoms with Gasteiger partial charge in [0.1, 0.15) is 6.10 Å². The smallest absolute Gasteiger partial charge is 0.261 e. The van der Waals surface area contributed by atoms with Crippen molar-refractivity contribution in [2.24, 2.45) is 5.92 Å². The highest BCUT2D eigenvalue weighted by atomic mass is 28.4. The van der Waals surface area contributed by atoms with Crippen molar-refractivity contribution < 1.29 is 23.1 Å². The molecule has 5 nitrogen and oxygen atoms in total. The van der Waals surface area contributed by atoms with Crippen LogP contribution in [0.2, 0.25) is 23.2 Å². The summed E-state index contributed by atoms with van der Waals surface area (Å²) >= 11 is 0. The highest BCUT2D eigenvalue weighted by Crippen LogP contribution is 2.41. The quantitative estimate of drug-likeness (QED) is 0.240. The zero-order valence-electron chi connectivity index (χ0n) is 24.7. The molecule has 0 unspecified atom stereocenters. The van der Waals surface area contributed by atoms with Gasteiger partial charge >= 0.3 is 0 Å². The van der Waals surface area contributed by atoms with E-state index >= 15 is 0 Å². The average Bonchev–Trinajstić information content (AvgIpc) is 2.93. The molecule has 3 rings (SSSR count). The van der Waals surface area contributed by atoms with E-state index in [0.717, 1.165) is 30.8 Å². The van der Waals surface area contributed by atoms with Crippen LogP contribution in [0.15, 0.2) is 60.7 Å². The zero-order valence-corrected chi connectivity index (χ0v) is 26.7. The van der Waals surface area contributed by atoms with Crippen LogP contribution in [0.1, 0.15) is 54.9 Å². The summed E-state index contributed by atoms with van der Waals surface area (Å²) in [6.45, 7) is 15.9. The van der Waals surface area contributed by atoms with Crippen molar-refractivity contribution in [2.75, 3.05) is 13.7 Å².